The summed E-state index contributed by atoms with van der Waals surface area (Å²) in [6.07, 6.45) is 11.0. The molecule has 0 radical (unpaired) electrons. The predicted molar refractivity (Wildman–Crippen MR) is 99.8 cm³/mol. The molecule has 0 rings (SSSR count). The van der Waals surface area contributed by atoms with Gasteiger partial charge in [0.15, 0.2) is 0 Å². The van der Waals surface area contributed by atoms with Crippen LogP contribution in [-0.4, -0.2) is 5.31 Å². The van der Waals surface area contributed by atoms with Crippen molar-refractivity contribution in [3.63, 3.8) is 0 Å². The van der Waals surface area contributed by atoms with Crippen LogP contribution in [0.1, 0.15) is 79.1 Å². The Morgan fingerprint density at radius 3 is 1.37 bits per heavy atom. The molecule has 0 bridgehead atoms. The van der Waals surface area contributed by atoms with E-state index in [2.05, 4.69) is 58.3 Å². The molecule has 0 saturated heterocycles. The van der Waals surface area contributed by atoms with Gasteiger partial charge in [-0.1, -0.05) is 79.1 Å². The Balaban J connectivity index is 4.24. The van der Waals surface area contributed by atoms with E-state index in [0.717, 1.165) is 11.8 Å². The van der Waals surface area contributed by atoms with Crippen molar-refractivity contribution in [2.75, 3.05) is 0 Å². The van der Waals surface area contributed by atoms with E-state index >= 15 is 0 Å². The molecule has 0 heterocycles. The van der Waals surface area contributed by atoms with Gasteiger partial charge in [0.25, 0.3) is 0 Å². The normalized spacial score (nSPS) is 15.5. The lowest BCUT2D eigenvalue weighted by molar-refractivity contribution is 0.472. The first-order valence-corrected chi connectivity index (χ1v) is 15.3. The van der Waals surface area contributed by atoms with E-state index in [0.29, 0.717) is 0 Å². The second-order valence-electron chi connectivity index (χ2n) is 6.10. The van der Waals surface area contributed by atoms with Crippen LogP contribution in [0.4, 0.5) is 0 Å². The first-order valence-electron chi connectivity index (χ1n) is 8.36. The van der Waals surface area contributed by atoms with Crippen LogP contribution in [0.2, 0.25) is 12.1 Å². The molecule has 0 aromatic heterocycles. The highest BCUT2D eigenvalue weighted by Gasteiger charge is 2.32. The van der Waals surface area contributed by atoms with E-state index in [1.807, 2.05) is 0 Å². The number of hydrogen-bond acceptors (Lipinski definition) is 0. The number of rotatable bonds is 12. The molecule has 0 aliphatic carbocycles. The maximum Gasteiger partial charge on any atom is 0.201 e. The van der Waals surface area contributed by atoms with Gasteiger partial charge in [-0.3, -0.25) is 0 Å². The molecule has 3 heteroatoms. The molecular weight excluding hydrogens is 380 g/mol. The van der Waals surface area contributed by atoms with Crippen molar-refractivity contribution < 1.29 is 0 Å². The van der Waals surface area contributed by atoms with E-state index < -0.39 is 5.31 Å². The maximum atomic E-state index is 4.10. The lowest BCUT2D eigenvalue weighted by atomic mass is 10.0. The van der Waals surface area contributed by atoms with Crippen LogP contribution in [-0.2, 0) is 0 Å². The van der Waals surface area contributed by atoms with Crippen molar-refractivity contribution in [1.29, 1.82) is 0 Å². The Morgan fingerprint density at radius 1 is 0.737 bits per heavy atom. The average Bonchev–Trinajstić information content (AvgIpc) is 2.39. The number of unbranched alkanes of at least 4 members (excludes halogenated alkanes) is 2. The third kappa shape index (κ3) is 10.5. The van der Waals surface area contributed by atoms with Gasteiger partial charge in [-0.15, -0.1) is 30.6 Å². The fraction of sp³-hybridized carbons (Fsp3) is 1.00. The summed E-state index contributed by atoms with van der Waals surface area (Å²) < 4.78 is 0. The van der Waals surface area contributed by atoms with Gasteiger partial charge in [0.05, 0.1) is 0 Å². The van der Waals surface area contributed by atoms with E-state index in [1.165, 1.54) is 63.5 Å². The van der Waals surface area contributed by atoms with Gasteiger partial charge in [0, 0.05) is 0 Å². The van der Waals surface area contributed by atoms with Crippen molar-refractivity contribution in [2.24, 2.45) is 11.8 Å². The lowest BCUT2D eigenvalue weighted by Gasteiger charge is -2.27. The minimum absolute atomic E-state index is 0.925. The molecule has 2 atom stereocenters. The standard InChI is InChI=1S/C16H34Br2Si/c1-5-9-11-15(7-3)13-19(17,18)14-16(8-4)12-10-6-2/h15-16H,5-14H2,1-4H3. The smallest absolute Gasteiger partial charge is 0.111 e. The van der Waals surface area contributed by atoms with Gasteiger partial charge in [0.2, 0.25) is 5.31 Å². The van der Waals surface area contributed by atoms with E-state index in [9.17, 15) is 0 Å². The summed E-state index contributed by atoms with van der Waals surface area (Å²) in [5, 5.41) is -1.35. The van der Waals surface area contributed by atoms with Gasteiger partial charge >= 0.3 is 0 Å². The maximum absolute atomic E-state index is 4.10. The minimum Gasteiger partial charge on any atom is -0.111 e. The van der Waals surface area contributed by atoms with Crippen LogP contribution in [0.5, 0.6) is 0 Å². The highest BCUT2D eigenvalue weighted by atomic mass is 79.9. The van der Waals surface area contributed by atoms with Crippen molar-refractivity contribution in [2.45, 2.75) is 91.1 Å². The van der Waals surface area contributed by atoms with Crippen LogP contribution >= 0.6 is 30.6 Å². The van der Waals surface area contributed by atoms with Crippen LogP contribution in [0.15, 0.2) is 0 Å². The summed E-state index contributed by atoms with van der Waals surface area (Å²) in [4.78, 5) is 0. The summed E-state index contributed by atoms with van der Waals surface area (Å²) in [5.41, 5.74) is 0. The summed E-state index contributed by atoms with van der Waals surface area (Å²) in [6.45, 7) is 9.33. The molecule has 0 aliphatic heterocycles. The lowest BCUT2D eigenvalue weighted by Crippen LogP contribution is -2.25. The summed E-state index contributed by atoms with van der Waals surface area (Å²) >= 11 is 8.21. The Morgan fingerprint density at radius 2 is 1.11 bits per heavy atom. The molecule has 0 aliphatic rings. The molecule has 0 fully saturated rings. The molecule has 0 aromatic rings. The SMILES string of the molecule is CCCCC(CC)C[Si](Br)(Br)CC(CC)CCCC. The Hall–Kier alpha value is 1.18. The highest BCUT2D eigenvalue weighted by Crippen LogP contribution is 2.40. The third-order valence-corrected chi connectivity index (χ3v) is 10.5. The molecule has 2 unspecified atom stereocenters. The van der Waals surface area contributed by atoms with Crippen LogP contribution < -0.4 is 0 Å². The zero-order valence-electron chi connectivity index (χ0n) is 13.5. The Kier molecular flexibility index (Phi) is 12.5. The average molecular weight is 414 g/mol. The van der Waals surface area contributed by atoms with Gasteiger partial charge in [-0.2, -0.15) is 0 Å². The molecule has 0 N–H and O–H groups in total. The van der Waals surface area contributed by atoms with E-state index in [-0.39, 0.29) is 0 Å². The van der Waals surface area contributed by atoms with Crippen molar-refractivity contribution in [1.82, 2.24) is 0 Å². The number of halogens is 2. The zero-order valence-corrected chi connectivity index (χ0v) is 17.7. The monoisotopic (exact) mass is 412 g/mol. The van der Waals surface area contributed by atoms with Crippen LogP contribution in [0.25, 0.3) is 0 Å². The molecule has 0 spiro atoms. The van der Waals surface area contributed by atoms with Gasteiger partial charge in [0.1, 0.15) is 0 Å². The van der Waals surface area contributed by atoms with Crippen molar-refractivity contribution in [3.05, 3.63) is 0 Å². The van der Waals surface area contributed by atoms with E-state index in [4.69, 9.17) is 0 Å². The molecule has 116 valence electrons. The van der Waals surface area contributed by atoms with Gasteiger partial charge < -0.3 is 0 Å². The first kappa shape index (κ1) is 20.2. The van der Waals surface area contributed by atoms with Crippen molar-refractivity contribution >= 4 is 35.9 Å². The minimum atomic E-state index is -1.35. The summed E-state index contributed by atoms with van der Waals surface area (Å²) in [5.74, 6) is 1.85. The fourth-order valence-electron chi connectivity index (χ4n) is 2.81. The second kappa shape index (κ2) is 11.8. The molecule has 0 nitrogen and oxygen atoms in total. The predicted octanol–water partition coefficient (Wildman–Crippen LogP) is 7.65. The molecular formula is C16H34Br2Si. The van der Waals surface area contributed by atoms with Gasteiger partial charge in [-0.25, -0.2) is 0 Å². The fourth-order valence-corrected chi connectivity index (χ4v) is 11.2. The number of hydrogen-bond donors (Lipinski definition) is 0. The Labute approximate surface area is 138 Å². The summed E-state index contributed by atoms with van der Waals surface area (Å²) in [6, 6.07) is 2.82. The third-order valence-electron chi connectivity index (χ3n) is 4.26. The largest absolute Gasteiger partial charge is 0.201 e. The molecule has 0 amide bonds. The van der Waals surface area contributed by atoms with Crippen LogP contribution in [0, 0.1) is 11.8 Å². The molecule has 0 saturated carbocycles. The Bertz CT molecular complexity index is 187. The zero-order chi connectivity index (χ0) is 14.7. The van der Waals surface area contributed by atoms with Crippen LogP contribution in [0.3, 0.4) is 0 Å². The molecule has 19 heavy (non-hydrogen) atoms. The quantitative estimate of drug-likeness (QED) is 0.227. The first-order chi connectivity index (χ1) is 8.99. The second-order valence-corrected chi connectivity index (χ2v) is 20.9. The van der Waals surface area contributed by atoms with E-state index in [1.54, 1.807) is 0 Å². The van der Waals surface area contributed by atoms with Gasteiger partial charge in [-0.05, 0) is 23.9 Å². The van der Waals surface area contributed by atoms with Crippen molar-refractivity contribution in [3.8, 4) is 0 Å². The summed E-state index contributed by atoms with van der Waals surface area (Å²) in [7, 11) is 0. The highest BCUT2D eigenvalue weighted by molar-refractivity contribution is 9.51. The molecule has 0 aromatic carbocycles. The topological polar surface area (TPSA) is 0 Å².